The van der Waals surface area contributed by atoms with Crippen LogP contribution >= 0.6 is 0 Å². The molecule has 0 saturated carbocycles. The largest absolute Gasteiger partial charge is 0.466 e. The molecule has 0 saturated heterocycles. The number of aryl methyl sites for hydroxylation is 3. The quantitative estimate of drug-likeness (QED) is 0.388. The third kappa shape index (κ3) is 5.20. The fraction of sp³-hybridized carbons (Fsp3) is 0.320. The van der Waals surface area contributed by atoms with Gasteiger partial charge in [0, 0.05) is 17.7 Å². The van der Waals surface area contributed by atoms with Crippen LogP contribution in [0.25, 0.3) is 22.3 Å². The molecule has 0 bridgehead atoms. The van der Waals surface area contributed by atoms with E-state index in [-0.39, 0.29) is 12.2 Å². The lowest BCUT2D eigenvalue weighted by Gasteiger charge is -2.12. The highest BCUT2D eigenvalue weighted by Gasteiger charge is 2.28. The number of hydrogen-bond acceptors (Lipinski definition) is 6. The highest BCUT2D eigenvalue weighted by atomic mass is 16.5. The van der Waals surface area contributed by atoms with Crippen molar-refractivity contribution in [1.29, 1.82) is 0 Å². The Hall–Kier alpha value is -3.41. The molecule has 0 spiro atoms. The molecular formula is C25H28O6. The van der Waals surface area contributed by atoms with Crippen molar-refractivity contribution in [3.63, 3.8) is 0 Å². The Kier molecular flexibility index (Phi) is 7.75. The van der Waals surface area contributed by atoms with Crippen LogP contribution in [0.4, 0.5) is 0 Å². The Balaban J connectivity index is 2.99. The number of rotatable bonds is 6. The standard InChI is InChI=1S/C25H28O6/c1-8-31-22(27)11-16(4)19-12-18-15(3)9-14(2)10-17(5)23(18)24(19)20(25(28)30-7)13-21(26)29-6/h9-13H,8H2,1-7H3/b16-11+,20-13-. The first kappa shape index (κ1) is 23.9. The second kappa shape index (κ2) is 10.1. The second-order valence-corrected chi connectivity index (χ2v) is 7.27. The van der Waals surface area contributed by atoms with Crippen LogP contribution in [0.1, 0.15) is 41.7 Å². The van der Waals surface area contributed by atoms with Crippen molar-refractivity contribution >= 4 is 29.1 Å². The third-order valence-electron chi connectivity index (χ3n) is 4.97. The summed E-state index contributed by atoms with van der Waals surface area (Å²) in [5.74, 6) is -1.84. The fourth-order valence-electron chi connectivity index (χ4n) is 3.70. The van der Waals surface area contributed by atoms with Crippen LogP contribution in [0.2, 0.25) is 0 Å². The Morgan fingerprint density at radius 2 is 1.55 bits per heavy atom. The van der Waals surface area contributed by atoms with Gasteiger partial charge in [0.25, 0.3) is 0 Å². The van der Waals surface area contributed by atoms with Gasteiger partial charge < -0.3 is 14.2 Å². The third-order valence-corrected chi connectivity index (χ3v) is 4.97. The van der Waals surface area contributed by atoms with E-state index in [0.29, 0.717) is 16.7 Å². The zero-order valence-electron chi connectivity index (χ0n) is 19.0. The highest BCUT2D eigenvalue weighted by Crippen LogP contribution is 2.43. The van der Waals surface area contributed by atoms with Gasteiger partial charge in [-0.15, -0.1) is 0 Å². The molecule has 0 aromatic rings. The summed E-state index contributed by atoms with van der Waals surface area (Å²) in [6.45, 7) is 9.66. The number of carbonyl (C=O) groups excluding carboxylic acids is 3. The van der Waals surface area contributed by atoms with Gasteiger partial charge in [-0.1, -0.05) is 17.7 Å². The summed E-state index contributed by atoms with van der Waals surface area (Å²) in [6.07, 6.45) is 2.50. The summed E-state index contributed by atoms with van der Waals surface area (Å²) in [5, 5.41) is 0. The predicted molar refractivity (Wildman–Crippen MR) is 120 cm³/mol. The summed E-state index contributed by atoms with van der Waals surface area (Å²) >= 11 is 0. The minimum absolute atomic E-state index is 0.0577. The van der Waals surface area contributed by atoms with Crippen LogP contribution in [-0.4, -0.2) is 38.7 Å². The number of esters is 3. The smallest absolute Gasteiger partial charge is 0.338 e. The van der Waals surface area contributed by atoms with Crippen molar-refractivity contribution < 1.29 is 28.6 Å². The zero-order valence-corrected chi connectivity index (χ0v) is 19.0. The predicted octanol–water partition coefficient (Wildman–Crippen LogP) is 4.41. The molecule has 0 radical (unpaired) electrons. The topological polar surface area (TPSA) is 78.9 Å². The molecular weight excluding hydrogens is 396 g/mol. The van der Waals surface area contributed by atoms with E-state index in [1.807, 2.05) is 32.9 Å². The highest BCUT2D eigenvalue weighted by molar-refractivity contribution is 6.24. The molecule has 2 rings (SSSR count). The van der Waals surface area contributed by atoms with E-state index in [0.717, 1.165) is 33.9 Å². The number of hydrogen-bond donors (Lipinski definition) is 0. The van der Waals surface area contributed by atoms with Gasteiger partial charge in [-0.2, -0.15) is 0 Å². The minimum Gasteiger partial charge on any atom is -0.466 e. The Morgan fingerprint density at radius 3 is 2.13 bits per heavy atom. The molecule has 0 amide bonds. The van der Waals surface area contributed by atoms with Gasteiger partial charge in [0.2, 0.25) is 0 Å². The van der Waals surface area contributed by atoms with Gasteiger partial charge in [-0.25, -0.2) is 14.4 Å². The average Bonchev–Trinajstić information content (AvgIpc) is 3.07. The van der Waals surface area contributed by atoms with Crippen molar-refractivity contribution in [2.75, 3.05) is 20.8 Å². The van der Waals surface area contributed by atoms with Gasteiger partial charge in [0.05, 0.1) is 26.4 Å². The number of allylic oxidation sites excluding steroid dienone is 1. The molecule has 0 atom stereocenters. The lowest BCUT2D eigenvalue weighted by Crippen LogP contribution is -2.09. The van der Waals surface area contributed by atoms with Crippen LogP contribution in [0.3, 0.4) is 0 Å². The molecule has 164 valence electrons. The van der Waals surface area contributed by atoms with Gasteiger partial charge in [0.15, 0.2) is 0 Å². The molecule has 0 aromatic heterocycles. The summed E-state index contributed by atoms with van der Waals surface area (Å²) in [4.78, 5) is 36.9. The van der Waals surface area contributed by atoms with E-state index in [4.69, 9.17) is 14.2 Å². The lowest BCUT2D eigenvalue weighted by atomic mass is 9.93. The summed E-state index contributed by atoms with van der Waals surface area (Å²) in [7, 11) is 2.49. The van der Waals surface area contributed by atoms with Crippen LogP contribution in [-0.2, 0) is 28.6 Å². The van der Waals surface area contributed by atoms with Gasteiger partial charge in [-0.3, -0.25) is 0 Å². The van der Waals surface area contributed by atoms with Crippen LogP contribution in [0, 0.1) is 20.8 Å². The fourth-order valence-corrected chi connectivity index (χ4v) is 3.70. The van der Waals surface area contributed by atoms with Crippen molar-refractivity contribution in [1.82, 2.24) is 0 Å². The molecule has 6 nitrogen and oxygen atoms in total. The summed E-state index contributed by atoms with van der Waals surface area (Å²) < 4.78 is 14.8. The van der Waals surface area contributed by atoms with Crippen molar-refractivity contribution in [3.05, 3.63) is 58.2 Å². The number of ether oxygens (including phenoxy) is 3. The Labute approximate surface area is 182 Å². The SMILES string of the molecule is CCOC(=O)/C=C(\C)c1cc2c(C)cc(C)cc(C)c-2c1/C(=C/C(=O)OC)C(=O)OC. The van der Waals surface area contributed by atoms with Gasteiger partial charge >= 0.3 is 17.9 Å². The maximum Gasteiger partial charge on any atom is 0.338 e. The molecule has 6 heteroatoms. The molecule has 31 heavy (non-hydrogen) atoms. The van der Waals surface area contributed by atoms with E-state index in [2.05, 4.69) is 6.07 Å². The molecule has 0 aliphatic heterocycles. The van der Waals surface area contributed by atoms with Crippen molar-refractivity contribution in [2.45, 2.75) is 34.6 Å². The molecule has 0 aromatic carbocycles. The minimum atomic E-state index is -0.682. The van der Waals surface area contributed by atoms with E-state index in [1.165, 1.54) is 20.3 Å². The molecule has 0 fully saturated rings. The van der Waals surface area contributed by atoms with E-state index in [1.54, 1.807) is 13.8 Å². The number of fused-ring (bicyclic) bond motifs is 1. The van der Waals surface area contributed by atoms with Crippen LogP contribution in [0.15, 0.2) is 30.4 Å². The Bertz CT molecular complexity index is 1060. The maximum absolute atomic E-state index is 12.7. The summed E-state index contributed by atoms with van der Waals surface area (Å²) in [5.41, 5.74) is 6.51. The molecule has 0 heterocycles. The first-order chi connectivity index (χ1) is 14.6. The van der Waals surface area contributed by atoms with E-state index < -0.39 is 17.9 Å². The number of carbonyl (C=O) groups is 3. The van der Waals surface area contributed by atoms with Crippen molar-refractivity contribution in [3.8, 4) is 11.1 Å². The molecule has 2 aliphatic carbocycles. The monoisotopic (exact) mass is 424 g/mol. The van der Waals surface area contributed by atoms with Crippen LogP contribution in [0.5, 0.6) is 0 Å². The Morgan fingerprint density at radius 1 is 0.903 bits per heavy atom. The van der Waals surface area contributed by atoms with Gasteiger partial charge in [-0.05, 0) is 74.1 Å². The number of methoxy groups -OCH3 is 2. The van der Waals surface area contributed by atoms with E-state index in [9.17, 15) is 14.4 Å². The first-order valence-corrected chi connectivity index (χ1v) is 9.92. The molecule has 0 N–H and O–H groups in total. The maximum atomic E-state index is 12.7. The molecule has 2 aliphatic rings. The first-order valence-electron chi connectivity index (χ1n) is 9.92. The molecule has 0 unspecified atom stereocenters. The normalized spacial score (nSPS) is 12.0. The second-order valence-electron chi connectivity index (χ2n) is 7.27. The van der Waals surface area contributed by atoms with Crippen molar-refractivity contribution in [2.24, 2.45) is 0 Å². The lowest BCUT2D eigenvalue weighted by molar-refractivity contribution is -0.137. The van der Waals surface area contributed by atoms with Crippen LogP contribution < -0.4 is 0 Å². The summed E-state index contributed by atoms with van der Waals surface area (Å²) in [6, 6.07) is 5.99. The average molecular weight is 424 g/mol. The van der Waals surface area contributed by atoms with E-state index >= 15 is 0 Å². The zero-order chi connectivity index (χ0) is 23.3. The van der Waals surface area contributed by atoms with Gasteiger partial charge in [0.1, 0.15) is 0 Å².